The number of carboxylic acids is 1. The molecule has 1 aromatic rings. The second kappa shape index (κ2) is 6.58. The Balaban J connectivity index is 2.15. The van der Waals surface area contributed by atoms with E-state index in [1.54, 1.807) is 0 Å². The van der Waals surface area contributed by atoms with Crippen molar-refractivity contribution in [3.8, 4) is 0 Å². The summed E-state index contributed by atoms with van der Waals surface area (Å²) in [5, 5.41) is 8.84. The minimum Gasteiger partial charge on any atom is -0.478 e. The zero-order chi connectivity index (χ0) is 15.5. The van der Waals surface area contributed by atoms with Crippen molar-refractivity contribution in [2.75, 3.05) is 0 Å². The van der Waals surface area contributed by atoms with Crippen LogP contribution in [0.1, 0.15) is 49.4 Å². The van der Waals surface area contributed by atoms with Crippen LogP contribution in [0.3, 0.4) is 0 Å². The van der Waals surface area contributed by atoms with Gasteiger partial charge >= 0.3 is 5.97 Å². The minimum absolute atomic E-state index is 0.0205. The van der Waals surface area contributed by atoms with Crippen LogP contribution in [-0.2, 0) is 10.0 Å². The minimum atomic E-state index is -3.59. The van der Waals surface area contributed by atoms with Crippen molar-refractivity contribution in [1.82, 2.24) is 4.72 Å². The number of hydrogen-bond acceptors (Lipinski definition) is 3. The van der Waals surface area contributed by atoms with E-state index in [0.29, 0.717) is 5.92 Å². The molecule has 2 N–H and O–H groups in total. The average Bonchev–Trinajstić information content (AvgIpc) is 2.47. The molecule has 2 unspecified atom stereocenters. The smallest absolute Gasteiger partial charge is 0.335 e. The number of carbonyl (C=O) groups is 1. The molecule has 0 heterocycles. The molecule has 2 rings (SSSR count). The summed E-state index contributed by atoms with van der Waals surface area (Å²) in [5.74, 6) is -0.683. The predicted molar refractivity (Wildman–Crippen MR) is 79.8 cm³/mol. The van der Waals surface area contributed by atoms with E-state index in [-0.39, 0.29) is 16.5 Å². The van der Waals surface area contributed by atoms with Crippen LogP contribution in [0, 0.1) is 5.92 Å². The molecule has 0 saturated heterocycles. The van der Waals surface area contributed by atoms with Crippen molar-refractivity contribution in [1.29, 1.82) is 0 Å². The second-order valence-corrected chi connectivity index (χ2v) is 7.22. The largest absolute Gasteiger partial charge is 0.478 e. The first kappa shape index (κ1) is 16.0. The van der Waals surface area contributed by atoms with E-state index in [1.807, 2.05) is 0 Å². The lowest BCUT2D eigenvalue weighted by Crippen LogP contribution is -2.41. The second-order valence-electron chi connectivity index (χ2n) is 5.51. The summed E-state index contributed by atoms with van der Waals surface area (Å²) in [6.45, 7) is 2.08. The summed E-state index contributed by atoms with van der Waals surface area (Å²) in [5.41, 5.74) is 0.0815. The normalized spacial score (nSPS) is 22.9. The predicted octanol–water partition coefficient (Wildman–Crippen LogP) is 2.63. The van der Waals surface area contributed by atoms with Gasteiger partial charge in [-0.05, 0) is 43.0 Å². The molecule has 0 bridgehead atoms. The number of nitrogens with one attached hydrogen (secondary N) is 1. The molecule has 2 atom stereocenters. The summed E-state index contributed by atoms with van der Waals surface area (Å²) in [7, 11) is -3.59. The maximum absolute atomic E-state index is 12.4. The highest BCUT2D eigenvalue weighted by atomic mass is 32.2. The molecule has 1 aliphatic carbocycles. The molecule has 5 nitrogen and oxygen atoms in total. The lowest BCUT2D eigenvalue weighted by atomic mass is 9.83. The van der Waals surface area contributed by atoms with E-state index in [9.17, 15) is 13.2 Å². The van der Waals surface area contributed by atoms with Crippen LogP contribution in [0.5, 0.6) is 0 Å². The van der Waals surface area contributed by atoms with E-state index in [1.165, 1.54) is 24.3 Å². The molecular formula is C15H21NO4S. The SMILES string of the molecule is CCC1CCCCC1NS(=O)(=O)c1ccc(C(=O)O)cc1. The molecule has 1 aliphatic rings. The number of sulfonamides is 1. The molecule has 0 radical (unpaired) electrons. The van der Waals surface area contributed by atoms with E-state index in [2.05, 4.69) is 11.6 Å². The molecule has 21 heavy (non-hydrogen) atoms. The molecule has 1 aromatic carbocycles. The number of rotatable bonds is 5. The van der Waals surface area contributed by atoms with E-state index < -0.39 is 16.0 Å². The Hall–Kier alpha value is -1.40. The summed E-state index contributed by atoms with van der Waals surface area (Å²) >= 11 is 0. The first-order chi connectivity index (χ1) is 9.94. The van der Waals surface area contributed by atoms with E-state index in [0.717, 1.165) is 32.1 Å². The van der Waals surface area contributed by atoms with Crippen molar-refractivity contribution in [3.63, 3.8) is 0 Å². The number of carboxylic acid groups (broad SMARTS) is 1. The standard InChI is InChI=1S/C15H21NO4S/c1-2-11-5-3-4-6-14(11)16-21(19,20)13-9-7-12(8-10-13)15(17)18/h7-11,14,16H,2-6H2,1H3,(H,17,18). The Bertz CT molecular complexity index is 595. The van der Waals surface area contributed by atoms with Crippen LogP contribution in [0.4, 0.5) is 0 Å². The number of hydrogen-bond donors (Lipinski definition) is 2. The van der Waals surface area contributed by atoms with E-state index in [4.69, 9.17) is 5.11 Å². The third-order valence-corrected chi connectivity index (χ3v) is 5.66. The van der Waals surface area contributed by atoms with Gasteiger partial charge in [-0.15, -0.1) is 0 Å². The topological polar surface area (TPSA) is 83.5 Å². The zero-order valence-corrected chi connectivity index (χ0v) is 12.9. The van der Waals surface area contributed by atoms with Crippen molar-refractivity contribution in [3.05, 3.63) is 29.8 Å². The Labute approximate surface area is 125 Å². The van der Waals surface area contributed by atoms with E-state index >= 15 is 0 Å². The zero-order valence-electron chi connectivity index (χ0n) is 12.1. The molecule has 0 aliphatic heterocycles. The fraction of sp³-hybridized carbons (Fsp3) is 0.533. The van der Waals surface area contributed by atoms with Crippen LogP contribution in [-0.4, -0.2) is 25.5 Å². The molecule has 116 valence electrons. The molecule has 6 heteroatoms. The Morgan fingerprint density at radius 3 is 2.43 bits per heavy atom. The summed E-state index contributed by atoms with van der Waals surface area (Å²) in [6.07, 6.45) is 5.09. The monoisotopic (exact) mass is 311 g/mol. The average molecular weight is 311 g/mol. The van der Waals surface area contributed by atoms with Gasteiger partial charge in [0.2, 0.25) is 10.0 Å². The first-order valence-corrected chi connectivity index (χ1v) is 8.78. The van der Waals surface area contributed by atoms with Gasteiger partial charge in [-0.25, -0.2) is 17.9 Å². The third-order valence-electron chi connectivity index (χ3n) is 4.15. The van der Waals surface area contributed by atoms with Gasteiger partial charge in [-0.2, -0.15) is 0 Å². The molecular weight excluding hydrogens is 290 g/mol. The Kier molecular flexibility index (Phi) is 5.00. The lowest BCUT2D eigenvalue weighted by Gasteiger charge is -2.31. The summed E-state index contributed by atoms with van der Waals surface area (Å²) in [4.78, 5) is 10.9. The van der Waals surface area contributed by atoms with Crippen LogP contribution < -0.4 is 4.72 Å². The van der Waals surface area contributed by atoms with Gasteiger partial charge in [0.25, 0.3) is 0 Å². The Morgan fingerprint density at radius 1 is 1.24 bits per heavy atom. The fourth-order valence-corrected chi connectivity index (χ4v) is 4.23. The molecule has 0 amide bonds. The Morgan fingerprint density at radius 2 is 1.86 bits per heavy atom. The van der Waals surface area contributed by atoms with Gasteiger partial charge < -0.3 is 5.11 Å². The molecule has 0 aromatic heterocycles. The highest BCUT2D eigenvalue weighted by Crippen LogP contribution is 2.28. The van der Waals surface area contributed by atoms with Crippen molar-refractivity contribution >= 4 is 16.0 Å². The highest BCUT2D eigenvalue weighted by Gasteiger charge is 2.28. The third kappa shape index (κ3) is 3.83. The fourth-order valence-electron chi connectivity index (χ4n) is 2.90. The van der Waals surface area contributed by atoms with Gasteiger partial charge in [0, 0.05) is 6.04 Å². The van der Waals surface area contributed by atoms with Gasteiger partial charge in [-0.3, -0.25) is 0 Å². The summed E-state index contributed by atoms with van der Waals surface area (Å²) < 4.78 is 27.6. The van der Waals surface area contributed by atoms with Gasteiger partial charge in [0.05, 0.1) is 10.5 Å². The first-order valence-electron chi connectivity index (χ1n) is 7.29. The molecule has 0 spiro atoms. The quantitative estimate of drug-likeness (QED) is 0.875. The van der Waals surface area contributed by atoms with Crippen LogP contribution >= 0.6 is 0 Å². The van der Waals surface area contributed by atoms with Gasteiger partial charge in [-0.1, -0.05) is 26.2 Å². The van der Waals surface area contributed by atoms with Crippen LogP contribution in [0.2, 0.25) is 0 Å². The maximum Gasteiger partial charge on any atom is 0.335 e. The maximum atomic E-state index is 12.4. The van der Waals surface area contributed by atoms with Crippen LogP contribution in [0.25, 0.3) is 0 Å². The molecule has 1 fully saturated rings. The number of benzene rings is 1. The van der Waals surface area contributed by atoms with Crippen molar-refractivity contribution in [2.45, 2.75) is 50.0 Å². The number of aromatic carboxylic acids is 1. The van der Waals surface area contributed by atoms with Crippen molar-refractivity contribution in [2.24, 2.45) is 5.92 Å². The highest BCUT2D eigenvalue weighted by molar-refractivity contribution is 7.89. The molecule has 1 saturated carbocycles. The van der Waals surface area contributed by atoms with Gasteiger partial charge in [0.1, 0.15) is 0 Å². The van der Waals surface area contributed by atoms with Crippen molar-refractivity contribution < 1.29 is 18.3 Å². The van der Waals surface area contributed by atoms with Gasteiger partial charge in [0.15, 0.2) is 0 Å². The lowest BCUT2D eigenvalue weighted by molar-refractivity contribution is 0.0696. The van der Waals surface area contributed by atoms with Crippen LogP contribution in [0.15, 0.2) is 29.2 Å². The summed E-state index contributed by atoms with van der Waals surface area (Å²) in [6, 6.07) is 5.29.